The smallest absolute Gasteiger partial charge is 0.257 e. The van der Waals surface area contributed by atoms with Crippen molar-refractivity contribution in [2.45, 2.75) is 25.9 Å². The number of hydrogen-bond acceptors (Lipinski definition) is 5. The Morgan fingerprint density at radius 2 is 1.64 bits per heavy atom. The van der Waals surface area contributed by atoms with E-state index in [1.54, 1.807) is 30.5 Å². The van der Waals surface area contributed by atoms with Crippen LogP contribution in [0.2, 0.25) is 0 Å². The lowest BCUT2D eigenvalue weighted by molar-refractivity contribution is 0.101. The third-order valence-corrected chi connectivity index (χ3v) is 6.34. The van der Waals surface area contributed by atoms with Gasteiger partial charge in [-0.15, -0.1) is 0 Å². The maximum absolute atomic E-state index is 12.8. The van der Waals surface area contributed by atoms with Gasteiger partial charge >= 0.3 is 0 Å². The molecule has 0 aliphatic carbocycles. The van der Waals surface area contributed by atoms with Crippen molar-refractivity contribution in [2.75, 3.05) is 28.6 Å². The number of carbonyl (C=O) groups is 2. The average Bonchev–Trinajstić information content (AvgIpc) is 2.81. The predicted molar refractivity (Wildman–Crippen MR) is 140 cm³/mol. The van der Waals surface area contributed by atoms with Gasteiger partial charge in [0.15, 0.2) is 0 Å². The number of pyridine rings is 1. The molecule has 3 N–H and O–H groups in total. The van der Waals surface area contributed by atoms with Crippen molar-refractivity contribution in [1.29, 1.82) is 0 Å². The minimum atomic E-state index is -0.252. The summed E-state index contributed by atoms with van der Waals surface area (Å²) in [6.45, 7) is 6.07. The molecule has 2 amide bonds. The number of rotatable bonds is 5. The summed E-state index contributed by atoms with van der Waals surface area (Å²) >= 11 is 2.16. The molecule has 2 atom stereocenters. The van der Waals surface area contributed by atoms with Crippen LogP contribution < -0.4 is 20.9 Å². The molecule has 3 aromatic rings. The van der Waals surface area contributed by atoms with Crippen LogP contribution in [-0.2, 0) is 0 Å². The zero-order chi connectivity index (χ0) is 23.4. The molecule has 1 aromatic heterocycles. The van der Waals surface area contributed by atoms with Crippen molar-refractivity contribution in [2.24, 2.45) is 0 Å². The molecule has 0 unspecified atom stereocenters. The lowest BCUT2D eigenvalue weighted by Gasteiger charge is -2.36. The Balaban J connectivity index is 1.43. The number of nitrogens with zero attached hydrogens (tertiary/aromatic N) is 2. The summed E-state index contributed by atoms with van der Waals surface area (Å²) in [5.74, 6) is 0.415. The van der Waals surface area contributed by atoms with Crippen LogP contribution in [0.15, 0.2) is 66.9 Å². The summed E-state index contributed by atoms with van der Waals surface area (Å²) in [6.07, 6.45) is 1.60. The molecular formula is C25H26IN5O2. The molecule has 4 rings (SSSR count). The maximum atomic E-state index is 12.8. The fraction of sp³-hybridized carbons (Fsp3) is 0.240. The molecule has 1 saturated heterocycles. The number of hydrogen-bond donors (Lipinski definition) is 3. The molecule has 0 bridgehead atoms. The number of nitrogens with one attached hydrogen (secondary N) is 3. The van der Waals surface area contributed by atoms with Crippen LogP contribution in [0.4, 0.5) is 17.2 Å². The van der Waals surface area contributed by atoms with Gasteiger partial charge in [-0.2, -0.15) is 0 Å². The number of piperazine rings is 1. The Labute approximate surface area is 207 Å². The van der Waals surface area contributed by atoms with Crippen LogP contribution in [0.3, 0.4) is 0 Å². The number of benzene rings is 2. The summed E-state index contributed by atoms with van der Waals surface area (Å²) in [6, 6.07) is 18.9. The molecule has 2 aromatic carbocycles. The Morgan fingerprint density at radius 1 is 0.939 bits per heavy atom. The summed E-state index contributed by atoms with van der Waals surface area (Å²) < 4.78 is 0.875. The molecule has 33 heavy (non-hydrogen) atoms. The van der Waals surface area contributed by atoms with Gasteiger partial charge in [-0.25, -0.2) is 4.98 Å². The molecule has 2 heterocycles. The first kappa shape index (κ1) is 23.2. The molecule has 1 fully saturated rings. The van der Waals surface area contributed by atoms with E-state index in [1.807, 2.05) is 36.4 Å². The first-order valence-electron chi connectivity index (χ1n) is 10.8. The second-order valence-corrected chi connectivity index (χ2v) is 9.41. The third-order valence-electron chi connectivity index (χ3n) is 5.40. The van der Waals surface area contributed by atoms with Crippen LogP contribution in [0.25, 0.3) is 0 Å². The highest BCUT2D eigenvalue weighted by Gasteiger charge is 2.22. The Hall–Kier alpha value is -2.98. The van der Waals surface area contributed by atoms with Gasteiger partial charge in [0.1, 0.15) is 5.82 Å². The molecule has 170 valence electrons. The van der Waals surface area contributed by atoms with Crippen LogP contribution in [-0.4, -0.2) is 42.0 Å². The number of carbonyl (C=O) groups excluding carboxylic acids is 2. The Morgan fingerprint density at radius 3 is 2.30 bits per heavy atom. The lowest BCUT2D eigenvalue weighted by Crippen LogP contribution is -2.54. The molecule has 0 spiro atoms. The van der Waals surface area contributed by atoms with Gasteiger partial charge in [-0.3, -0.25) is 9.59 Å². The fourth-order valence-corrected chi connectivity index (χ4v) is 4.38. The second-order valence-electron chi connectivity index (χ2n) is 8.25. The maximum Gasteiger partial charge on any atom is 0.257 e. The van der Waals surface area contributed by atoms with E-state index in [4.69, 9.17) is 0 Å². The SMILES string of the molecule is C[C@@H]1CN(c2ccc(C(=O)Nc3ccc(I)c(NC(=O)c4ccccc4)c3)cn2)C[C@H](C)N1. The quantitative estimate of drug-likeness (QED) is 0.407. The van der Waals surface area contributed by atoms with E-state index in [2.05, 4.69) is 62.3 Å². The van der Waals surface area contributed by atoms with Gasteiger partial charge in [0, 0.05) is 46.2 Å². The minimum absolute atomic E-state index is 0.201. The van der Waals surface area contributed by atoms with E-state index < -0.39 is 0 Å². The van der Waals surface area contributed by atoms with E-state index in [1.165, 1.54) is 0 Å². The number of amides is 2. The van der Waals surface area contributed by atoms with Gasteiger partial charge in [-0.05, 0) is 78.9 Å². The average molecular weight is 555 g/mol. The van der Waals surface area contributed by atoms with E-state index in [9.17, 15) is 9.59 Å². The van der Waals surface area contributed by atoms with Gasteiger partial charge in [0.05, 0.1) is 11.3 Å². The van der Waals surface area contributed by atoms with Crippen LogP contribution >= 0.6 is 22.6 Å². The van der Waals surface area contributed by atoms with E-state index in [0.717, 1.165) is 22.5 Å². The Bertz CT molecular complexity index is 1130. The van der Waals surface area contributed by atoms with Gasteiger partial charge in [0.25, 0.3) is 11.8 Å². The van der Waals surface area contributed by atoms with Crippen LogP contribution in [0, 0.1) is 3.57 Å². The topological polar surface area (TPSA) is 86.4 Å². The second kappa shape index (κ2) is 10.3. The molecule has 7 nitrogen and oxygen atoms in total. The number of halogens is 1. The molecule has 0 saturated carbocycles. The first-order valence-corrected chi connectivity index (χ1v) is 11.9. The van der Waals surface area contributed by atoms with Crippen molar-refractivity contribution < 1.29 is 9.59 Å². The fourth-order valence-electron chi connectivity index (χ4n) is 3.91. The summed E-state index contributed by atoms with van der Waals surface area (Å²) in [5, 5.41) is 9.31. The zero-order valence-corrected chi connectivity index (χ0v) is 20.7. The van der Waals surface area contributed by atoms with E-state index in [0.29, 0.717) is 34.6 Å². The summed E-state index contributed by atoms with van der Waals surface area (Å²) in [5.41, 5.74) is 2.28. The largest absolute Gasteiger partial charge is 0.354 e. The summed E-state index contributed by atoms with van der Waals surface area (Å²) in [4.78, 5) is 32.0. The number of aromatic nitrogens is 1. The van der Waals surface area contributed by atoms with Crippen molar-refractivity contribution >= 4 is 51.6 Å². The van der Waals surface area contributed by atoms with Crippen molar-refractivity contribution in [3.05, 3.63) is 81.6 Å². The molecule has 0 radical (unpaired) electrons. The molecular weight excluding hydrogens is 529 g/mol. The monoisotopic (exact) mass is 555 g/mol. The van der Waals surface area contributed by atoms with Crippen molar-refractivity contribution in [3.8, 4) is 0 Å². The zero-order valence-electron chi connectivity index (χ0n) is 18.5. The standard InChI is InChI=1S/C25H26IN5O2/c1-16-14-31(15-17(2)28-16)23-11-8-19(13-27-23)25(33)29-20-9-10-21(26)22(12-20)30-24(32)18-6-4-3-5-7-18/h3-13,16-17,28H,14-15H2,1-2H3,(H,29,33)(H,30,32)/t16-,17+. The highest BCUT2D eigenvalue weighted by molar-refractivity contribution is 14.1. The van der Waals surface area contributed by atoms with Gasteiger partial charge in [-0.1, -0.05) is 18.2 Å². The van der Waals surface area contributed by atoms with Gasteiger partial charge < -0.3 is 20.9 Å². The van der Waals surface area contributed by atoms with Crippen molar-refractivity contribution in [3.63, 3.8) is 0 Å². The van der Waals surface area contributed by atoms with E-state index in [-0.39, 0.29) is 11.8 Å². The molecule has 1 aliphatic heterocycles. The highest BCUT2D eigenvalue weighted by Crippen LogP contribution is 2.24. The first-order chi connectivity index (χ1) is 15.9. The lowest BCUT2D eigenvalue weighted by atomic mass is 10.1. The normalized spacial score (nSPS) is 18.0. The Kier molecular flexibility index (Phi) is 7.24. The van der Waals surface area contributed by atoms with Crippen LogP contribution in [0.5, 0.6) is 0 Å². The van der Waals surface area contributed by atoms with Crippen LogP contribution in [0.1, 0.15) is 34.6 Å². The van der Waals surface area contributed by atoms with Gasteiger partial charge in [0.2, 0.25) is 0 Å². The summed E-state index contributed by atoms with van der Waals surface area (Å²) in [7, 11) is 0. The van der Waals surface area contributed by atoms with E-state index >= 15 is 0 Å². The molecule has 1 aliphatic rings. The highest BCUT2D eigenvalue weighted by atomic mass is 127. The third kappa shape index (κ3) is 5.88. The predicted octanol–water partition coefficient (Wildman–Crippen LogP) is 4.38. The minimum Gasteiger partial charge on any atom is -0.354 e. The van der Waals surface area contributed by atoms with Crippen molar-refractivity contribution in [1.82, 2.24) is 10.3 Å². The number of anilines is 3. The molecule has 8 heteroatoms.